The highest BCUT2D eigenvalue weighted by Gasteiger charge is 2.22. The highest BCUT2D eigenvalue weighted by atomic mass is 16.5. The van der Waals surface area contributed by atoms with Gasteiger partial charge in [0.2, 0.25) is 11.2 Å². The zero-order valence-electron chi connectivity index (χ0n) is 19.2. The van der Waals surface area contributed by atoms with E-state index in [1.54, 1.807) is 44.2 Å². The predicted molar refractivity (Wildman–Crippen MR) is 125 cm³/mol. The van der Waals surface area contributed by atoms with Gasteiger partial charge in [0.25, 0.3) is 0 Å². The first kappa shape index (κ1) is 22.9. The van der Waals surface area contributed by atoms with Gasteiger partial charge in [-0.3, -0.25) is 9.69 Å². The molecule has 0 radical (unpaired) electrons. The average Bonchev–Trinajstić information content (AvgIpc) is 2.79. The Balaban J connectivity index is 1.65. The van der Waals surface area contributed by atoms with Crippen LogP contribution in [0.5, 0.6) is 17.2 Å². The summed E-state index contributed by atoms with van der Waals surface area (Å²) in [6.45, 7) is 8.35. The number of hydrogen-bond acceptors (Lipinski definition) is 7. The topological polar surface area (TPSA) is 89.2 Å². The van der Waals surface area contributed by atoms with Gasteiger partial charge in [-0.05, 0) is 75.5 Å². The number of ether oxygens (including phenoxy) is 2. The zero-order chi connectivity index (χ0) is 23.5. The van der Waals surface area contributed by atoms with Crippen LogP contribution in [0.3, 0.4) is 0 Å². The number of phenols is 1. The molecule has 2 heterocycles. The molecule has 2 aromatic carbocycles. The Kier molecular flexibility index (Phi) is 6.70. The summed E-state index contributed by atoms with van der Waals surface area (Å²) < 4.78 is 16.9. The zero-order valence-corrected chi connectivity index (χ0v) is 19.2. The number of hydrogen-bond donors (Lipinski definition) is 1. The van der Waals surface area contributed by atoms with Crippen LogP contribution in [0.4, 0.5) is 0 Å². The lowest BCUT2D eigenvalue weighted by Gasteiger charge is -2.31. The van der Waals surface area contributed by atoms with E-state index in [0.717, 1.165) is 19.5 Å². The number of esters is 1. The van der Waals surface area contributed by atoms with Gasteiger partial charge in [-0.25, -0.2) is 4.79 Å². The molecule has 7 heteroatoms. The number of rotatable bonds is 6. The van der Waals surface area contributed by atoms with Crippen LogP contribution < -0.4 is 10.2 Å². The van der Waals surface area contributed by atoms with Gasteiger partial charge < -0.3 is 19.0 Å². The van der Waals surface area contributed by atoms with E-state index in [1.807, 2.05) is 0 Å². The highest BCUT2D eigenvalue weighted by Crippen LogP contribution is 2.32. The predicted octanol–water partition coefficient (Wildman–Crippen LogP) is 5.01. The molecule has 1 aromatic heterocycles. The Labute approximate surface area is 192 Å². The van der Waals surface area contributed by atoms with E-state index in [0.29, 0.717) is 52.7 Å². The minimum Gasteiger partial charge on any atom is -0.507 e. The van der Waals surface area contributed by atoms with Crippen molar-refractivity contribution in [3.05, 3.63) is 63.5 Å². The maximum atomic E-state index is 13.3. The summed E-state index contributed by atoms with van der Waals surface area (Å²) in [5, 5.41) is 10.9. The number of carbonyl (C=O) groups excluding carboxylic acids is 1. The molecule has 33 heavy (non-hydrogen) atoms. The Morgan fingerprint density at radius 2 is 1.97 bits per heavy atom. The SMILES string of the molecule is CCOC(=O)c1ccc(Oc2c(C)oc3c(CN4CCC[C@@H](C)C4)c(O)ccc3c2=O)cc1. The number of carbonyl (C=O) groups is 1. The van der Waals surface area contributed by atoms with Crippen LogP contribution >= 0.6 is 0 Å². The third kappa shape index (κ3) is 4.88. The van der Waals surface area contributed by atoms with Crippen molar-refractivity contribution in [1.82, 2.24) is 4.90 Å². The van der Waals surface area contributed by atoms with Gasteiger partial charge in [0.1, 0.15) is 22.8 Å². The van der Waals surface area contributed by atoms with Crippen LogP contribution in [0.25, 0.3) is 11.0 Å². The standard InChI is InChI=1S/C26H29NO6/c1-4-31-26(30)18-7-9-19(10-8-18)33-24-17(3)32-25-20(23(24)29)11-12-22(28)21(25)15-27-13-5-6-16(2)14-27/h7-12,16,28H,4-6,13-15H2,1-3H3/t16-/m1/s1. The Bertz CT molecular complexity index is 1210. The largest absolute Gasteiger partial charge is 0.507 e. The van der Waals surface area contributed by atoms with E-state index >= 15 is 0 Å². The Hall–Kier alpha value is -3.32. The lowest BCUT2D eigenvalue weighted by atomic mass is 9.99. The summed E-state index contributed by atoms with van der Waals surface area (Å²) in [5.41, 5.74) is 1.10. The molecule has 0 saturated carbocycles. The molecule has 0 spiro atoms. The number of piperidine rings is 1. The summed E-state index contributed by atoms with van der Waals surface area (Å²) in [5.74, 6) is 1.10. The summed E-state index contributed by atoms with van der Waals surface area (Å²) in [4.78, 5) is 27.4. The lowest BCUT2D eigenvalue weighted by molar-refractivity contribution is 0.0526. The van der Waals surface area contributed by atoms with Crippen LogP contribution in [0.15, 0.2) is 45.6 Å². The number of phenolic OH excluding ortho intramolecular Hbond substituents is 1. The molecule has 0 aliphatic carbocycles. The Morgan fingerprint density at radius 1 is 1.21 bits per heavy atom. The molecule has 174 valence electrons. The number of benzene rings is 2. The van der Waals surface area contributed by atoms with E-state index in [4.69, 9.17) is 13.9 Å². The van der Waals surface area contributed by atoms with Crippen molar-refractivity contribution in [3.8, 4) is 17.2 Å². The summed E-state index contributed by atoms with van der Waals surface area (Å²) in [6, 6.07) is 9.48. The summed E-state index contributed by atoms with van der Waals surface area (Å²) >= 11 is 0. The second-order valence-corrected chi connectivity index (χ2v) is 8.59. The van der Waals surface area contributed by atoms with Gasteiger partial charge in [-0.15, -0.1) is 0 Å². The quantitative estimate of drug-likeness (QED) is 0.527. The third-order valence-electron chi connectivity index (χ3n) is 5.97. The van der Waals surface area contributed by atoms with Gasteiger partial charge >= 0.3 is 5.97 Å². The third-order valence-corrected chi connectivity index (χ3v) is 5.97. The number of fused-ring (bicyclic) bond motifs is 1. The Morgan fingerprint density at radius 3 is 2.67 bits per heavy atom. The minimum atomic E-state index is -0.416. The van der Waals surface area contributed by atoms with Crippen LogP contribution in [-0.2, 0) is 11.3 Å². The number of likely N-dealkylation sites (tertiary alicyclic amines) is 1. The van der Waals surface area contributed by atoms with E-state index < -0.39 is 5.97 Å². The van der Waals surface area contributed by atoms with Crippen molar-refractivity contribution >= 4 is 16.9 Å². The van der Waals surface area contributed by atoms with Crippen LogP contribution in [0.2, 0.25) is 0 Å². The first-order chi connectivity index (χ1) is 15.9. The van der Waals surface area contributed by atoms with Gasteiger partial charge in [-0.1, -0.05) is 6.92 Å². The molecular formula is C26H29NO6. The molecule has 1 saturated heterocycles. The van der Waals surface area contributed by atoms with Crippen molar-refractivity contribution in [2.45, 2.75) is 40.2 Å². The number of nitrogens with zero attached hydrogens (tertiary/aromatic N) is 1. The van der Waals surface area contributed by atoms with Crippen LogP contribution in [0.1, 0.15) is 48.4 Å². The van der Waals surface area contributed by atoms with Gasteiger partial charge in [0.05, 0.1) is 23.1 Å². The normalized spacial score (nSPS) is 16.6. The van der Waals surface area contributed by atoms with Crippen molar-refractivity contribution in [3.63, 3.8) is 0 Å². The molecule has 1 atom stereocenters. The second-order valence-electron chi connectivity index (χ2n) is 8.59. The van der Waals surface area contributed by atoms with Crippen molar-refractivity contribution < 1.29 is 23.8 Å². The van der Waals surface area contributed by atoms with Crippen molar-refractivity contribution in [2.75, 3.05) is 19.7 Å². The van der Waals surface area contributed by atoms with Crippen LogP contribution in [0, 0.1) is 12.8 Å². The maximum absolute atomic E-state index is 13.3. The highest BCUT2D eigenvalue weighted by molar-refractivity contribution is 5.89. The molecule has 1 N–H and O–H groups in total. The van der Waals surface area contributed by atoms with E-state index in [2.05, 4.69) is 11.8 Å². The molecule has 0 unspecified atom stereocenters. The summed E-state index contributed by atoms with van der Waals surface area (Å²) in [6.07, 6.45) is 2.32. The van der Waals surface area contributed by atoms with Gasteiger partial charge in [-0.2, -0.15) is 0 Å². The fourth-order valence-corrected chi connectivity index (χ4v) is 4.31. The van der Waals surface area contributed by atoms with Gasteiger partial charge in [0.15, 0.2) is 0 Å². The molecular weight excluding hydrogens is 422 g/mol. The molecule has 0 bridgehead atoms. The summed E-state index contributed by atoms with van der Waals surface area (Å²) in [7, 11) is 0. The molecule has 0 amide bonds. The molecule has 1 aliphatic rings. The van der Waals surface area contributed by atoms with Crippen molar-refractivity contribution in [1.29, 1.82) is 0 Å². The maximum Gasteiger partial charge on any atom is 0.338 e. The number of aryl methyl sites for hydroxylation is 1. The van der Waals surface area contributed by atoms with E-state index in [1.165, 1.54) is 12.5 Å². The van der Waals surface area contributed by atoms with Gasteiger partial charge in [0, 0.05) is 13.1 Å². The second kappa shape index (κ2) is 9.67. The molecule has 4 rings (SSSR count). The molecule has 7 nitrogen and oxygen atoms in total. The minimum absolute atomic E-state index is 0.0784. The fraction of sp³-hybridized carbons (Fsp3) is 0.385. The smallest absolute Gasteiger partial charge is 0.338 e. The average molecular weight is 452 g/mol. The first-order valence-corrected chi connectivity index (χ1v) is 11.3. The number of aromatic hydroxyl groups is 1. The van der Waals surface area contributed by atoms with Crippen molar-refractivity contribution in [2.24, 2.45) is 5.92 Å². The monoisotopic (exact) mass is 451 g/mol. The van der Waals surface area contributed by atoms with E-state index in [-0.39, 0.29) is 16.9 Å². The van der Waals surface area contributed by atoms with Crippen LogP contribution in [-0.4, -0.2) is 35.7 Å². The molecule has 3 aromatic rings. The molecule has 1 aliphatic heterocycles. The molecule has 1 fully saturated rings. The fourth-order valence-electron chi connectivity index (χ4n) is 4.31. The first-order valence-electron chi connectivity index (χ1n) is 11.3. The van der Waals surface area contributed by atoms with E-state index in [9.17, 15) is 14.7 Å². The lowest BCUT2D eigenvalue weighted by Crippen LogP contribution is -2.33.